The van der Waals surface area contributed by atoms with Gasteiger partial charge in [-0.1, -0.05) is 0 Å². The number of phenols is 1. The molecule has 1 aromatic carbocycles. The van der Waals surface area contributed by atoms with E-state index in [4.69, 9.17) is 4.74 Å². The van der Waals surface area contributed by atoms with Crippen LogP contribution >= 0.6 is 12.6 Å². The number of rotatable bonds is 3. The second-order valence-corrected chi connectivity index (χ2v) is 3.69. The summed E-state index contributed by atoms with van der Waals surface area (Å²) >= 11 is 3.82. The van der Waals surface area contributed by atoms with Crippen molar-refractivity contribution in [2.24, 2.45) is 0 Å². The molecule has 4 heteroatoms. The maximum Gasteiger partial charge on any atom is 0.315 e. The van der Waals surface area contributed by atoms with Gasteiger partial charge in [0.25, 0.3) is 0 Å². The molecule has 0 saturated heterocycles. The Morgan fingerprint density at radius 3 is 2.40 bits per heavy atom. The molecule has 0 aliphatic heterocycles. The molecule has 0 heterocycles. The van der Waals surface area contributed by atoms with Gasteiger partial charge >= 0.3 is 5.97 Å². The molecule has 0 aliphatic carbocycles. The van der Waals surface area contributed by atoms with E-state index in [1.807, 2.05) is 13.8 Å². The van der Waals surface area contributed by atoms with Crippen molar-refractivity contribution in [1.82, 2.24) is 0 Å². The molecule has 0 bridgehead atoms. The van der Waals surface area contributed by atoms with E-state index in [0.717, 1.165) is 16.7 Å². The third-order valence-electron chi connectivity index (χ3n) is 2.19. The van der Waals surface area contributed by atoms with Crippen LogP contribution in [0.25, 0.3) is 0 Å². The maximum atomic E-state index is 10.9. The number of aryl methyl sites for hydroxylation is 2. The Bertz CT molecular complexity index is 351. The molecule has 0 aliphatic rings. The number of thiol groups is 1. The van der Waals surface area contributed by atoms with Crippen LogP contribution in [-0.2, 0) is 16.1 Å². The van der Waals surface area contributed by atoms with Crippen molar-refractivity contribution in [1.29, 1.82) is 0 Å². The first kappa shape index (κ1) is 11.9. The number of carbonyl (C=O) groups is 1. The number of esters is 1. The Labute approximate surface area is 94.5 Å². The summed E-state index contributed by atoms with van der Waals surface area (Å²) in [7, 11) is 0. The Morgan fingerprint density at radius 2 is 1.93 bits per heavy atom. The molecule has 0 fully saturated rings. The van der Waals surface area contributed by atoms with Gasteiger partial charge in [-0.15, -0.1) is 0 Å². The quantitative estimate of drug-likeness (QED) is 0.612. The van der Waals surface area contributed by atoms with E-state index in [9.17, 15) is 9.90 Å². The summed E-state index contributed by atoms with van der Waals surface area (Å²) in [6.45, 7) is 3.98. The summed E-state index contributed by atoms with van der Waals surface area (Å²) in [4.78, 5) is 10.9. The largest absolute Gasteiger partial charge is 0.508 e. The fourth-order valence-electron chi connectivity index (χ4n) is 1.40. The number of benzene rings is 1. The first-order chi connectivity index (χ1) is 7.04. The van der Waals surface area contributed by atoms with Crippen LogP contribution in [0.15, 0.2) is 12.1 Å². The van der Waals surface area contributed by atoms with E-state index >= 15 is 0 Å². The molecular weight excluding hydrogens is 212 g/mol. The van der Waals surface area contributed by atoms with Crippen molar-refractivity contribution in [2.45, 2.75) is 20.5 Å². The molecule has 0 saturated carbocycles. The van der Waals surface area contributed by atoms with E-state index in [0.29, 0.717) is 0 Å². The lowest BCUT2D eigenvalue weighted by Gasteiger charge is -2.10. The highest BCUT2D eigenvalue weighted by molar-refractivity contribution is 7.81. The zero-order valence-electron chi connectivity index (χ0n) is 8.78. The minimum absolute atomic E-state index is 0.0795. The van der Waals surface area contributed by atoms with Crippen molar-refractivity contribution in [3.05, 3.63) is 28.8 Å². The fourth-order valence-corrected chi connectivity index (χ4v) is 1.49. The molecular formula is C11H14O3S. The van der Waals surface area contributed by atoms with Crippen molar-refractivity contribution >= 4 is 18.6 Å². The van der Waals surface area contributed by atoms with Gasteiger partial charge in [0, 0.05) is 0 Å². The predicted molar refractivity (Wildman–Crippen MR) is 61.2 cm³/mol. The lowest BCUT2D eigenvalue weighted by molar-refractivity contribution is -0.141. The van der Waals surface area contributed by atoms with Crippen molar-refractivity contribution in [2.75, 3.05) is 5.75 Å². The number of hydrogen-bond donors (Lipinski definition) is 2. The second kappa shape index (κ2) is 5.07. The lowest BCUT2D eigenvalue weighted by Crippen LogP contribution is -2.07. The smallest absolute Gasteiger partial charge is 0.315 e. The average molecular weight is 226 g/mol. The normalized spacial score (nSPS) is 10.1. The van der Waals surface area contributed by atoms with Gasteiger partial charge in [-0.05, 0) is 42.7 Å². The maximum absolute atomic E-state index is 10.9. The third-order valence-corrected chi connectivity index (χ3v) is 2.45. The summed E-state index contributed by atoms with van der Waals surface area (Å²) in [6.07, 6.45) is 0. The summed E-state index contributed by atoms with van der Waals surface area (Å²) in [6, 6.07) is 3.30. The first-order valence-electron chi connectivity index (χ1n) is 4.60. The highest BCUT2D eigenvalue weighted by atomic mass is 32.1. The van der Waals surface area contributed by atoms with Crippen molar-refractivity contribution in [3.63, 3.8) is 0 Å². The SMILES string of the molecule is Cc1cc(O)cc(C)c1COC(=O)CS. The second-order valence-electron chi connectivity index (χ2n) is 3.38. The zero-order valence-corrected chi connectivity index (χ0v) is 9.67. The third kappa shape index (κ3) is 3.16. The van der Waals surface area contributed by atoms with Gasteiger partial charge in [0.2, 0.25) is 0 Å². The van der Waals surface area contributed by atoms with Gasteiger partial charge in [-0.2, -0.15) is 12.6 Å². The molecule has 0 radical (unpaired) electrons. The van der Waals surface area contributed by atoms with Crippen molar-refractivity contribution < 1.29 is 14.6 Å². The van der Waals surface area contributed by atoms with Crippen LogP contribution in [0.4, 0.5) is 0 Å². The van der Waals surface area contributed by atoms with E-state index in [2.05, 4.69) is 12.6 Å². The molecule has 1 N–H and O–H groups in total. The number of phenolic OH excluding ortho intramolecular Hbond substituents is 1. The van der Waals surface area contributed by atoms with Crippen LogP contribution in [0.2, 0.25) is 0 Å². The summed E-state index contributed by atoms with van der Waals surface area (Å²) < 4.78 is 4.98. The first-order valence-corrected chi connectivity index (χ1v) is 5.23. The average Bonchev–Trinajstić information content (AvgIpc) is 2.15. The standard InChI is InChI=1S/C11H14O3S/c1-7-3-9(12)4-8(2)10(7)5-14-11(13)6-15/h3-4,12,15H,5-6H2,1-2H3. The van der Waals surface area contributed by atoms with Crippen LogP contribution in [0, 0.1) is 13.8 Å². The number of aromatic hydroxyl groups is 1. The van der Waals surface area contributed by atoms with Crippen LogP contribution in [0.3, 0.4) is 0 Å². The Balaban J connectivity index is 2.81. The van der Waals surface area contributed by atoms with Crippen LogP contribution < -0.4 is 0 Å². The Morgan fingerprint density at radius 1 is 1.40 bits per heavy atom. The summed E-state index contributed by atoms with van der Waals surface area (Å²) in [5.41, 5.74) is 2.77. The number of hydrogen-bond acceptors (Lipinski definition) is 4. The van der Waals surface area contributed by atoms with Crippen LogP contribution in [0.5, 0.6) is 5.75 Å². The molecule has 1 aromatic rings. The molecule has 0 amide bonds. The molecule has 0 spiro atoms. The minimum atomic E-state index is -0.342. The number of ether oxygens (including phenoxy) is 1. The van der Waals surface area contributed by atoms with Gasteiger partial charge in [0.05, 0.1) is 5.75 Å². The topological polar surface area (TPSA) is 46.5 Å². The van der Waals surface area contributed by atoms with E-state index < -0.39 is 0 Å². The zero-order chi connectivity index (χ0) is 11.4. The fraction of sp³-hybridized carbons (Fsp3) is 0.364. The molecule has 15 heavy (non-hydrogen) atoms. The predicted octanol–water partition coefficient (Wildman–Crippen LogP) is 1.98. The van der Waals surface area contributed by atoms with Crippen molar-refractivity contribution in [3.8, 4) is 5.75 Å². The highest BCUT2D eigenvalue weighted by Gasteiger charge is 2.07. The van der Waals surface area contributed by atoms with Crippen LogP contribution in [0.1, 0.15) is 16.7 Å². The molecule has 3 nitrogen and oxygen atoms in total. The monoisotopic (exact) mass is 226 g/mol. The number of carbonyl (C=O) groups excluding carboxylic acids is 1. The van der Waals surface area contributed by atoms with Gasteiger partial charge < -0.3 is 9.84 Å². The van der Waals surface area contributed by atoms with E-state index in [1.165, 1.54) is 0 Å². The lowest BCUT2D eigenvalue weighted by atomic mass is 10.0. The molecule has 82 valence electrons. The molecule has 0 unspecified atom stereocenters. The Kier molecular flexibility index (Phi) is 4.03. The summed E-state index contributed by atoms with van der Waals surface area (Å²) in [5, 5.41) is 9.32. The minimum Gasteiger partial charge on any atom is -0.508 e. The Hall–Kier alpha value is -1.16. The highest BCUT2D eigenvalue weighted by Crippen LogP contribution is 2.21. The molecule has 1 rings (SSSR count). The van der Waals surface area contributed by atoms with Crippen LogP contribution in [-0.4, -0.2) is 16.8 Å². The van der Waals surface area contributed by atoms with Gasteiger partial charge in [-0.25, -0.2) is 0 Å². The van der Waals surface area contributed by atoms with E-state index in [-0.39, 0.29) is 24.1 Å². The van der Waals surface area contributed by atoms with E-state index in [1.54, 1.807) is 12.1 Å². The van der Waals surface area contributed by atoms with Gasteiger partial charge in [0.15, 0.2) is 0 Å². The summed E-state index contributed by atoms with van der Waals surface area (Å²) in [5.74, 6) is -0.0321. The van der Waals surface area contributed by atoms with Gasteiger partial charge in [-0.3, -0.25) is 4.79 Å². The molecule has 0 atom stereocenters. The van der Waals surface area contributed by atoms with Gasteiger partial charge in [0.1, 0.15) is 12.4 Å². The molecule has 0 aromatic heterocycles.